The van der Waals surface area contributed by atoms with E-state index in [1.807, 2.05) is 19.1 Å². The van der Waals surface area contributed by atoms with Gasteiger partial charge in [0.1, 0.15) is 0 Å². The number of carbonyl (C=O) groups is 1. The van der Waals surface area contributed by atoms with Gasteiger partial charge in [0.2, 0.25) is 0 Å². The maximum Gasteiger partial charge on any atom is 0.163 e. The van der Waals surface area contributed by atoms with Crippen LogP contribution in [0.2, 0.25) is 0 Å². The van der Waals surface area contributed by atoms with Gasteiger partial charge in [-0.25, -0.2) is 0 Å². The third kappa shape index (κ3) is 4.53. The molecule has 0 aromatic heterocycles. The average Bonchev–Trinajstić information content (AvgIpc) is 2.43. The van der Waals surface area contributed by atoms with E-state index in [4.69, 9.17) is 9.47 Å². The fraction of sp³-hybridized carbons (Fsp3) is 0.500. The molecule has 1 unspecified atom stereocenters. The first kappa shape index (κ1) is 16.0. The van der Waals surface area contributed by atoms with E-state index in [-0.39, 0.29) is 12.2 Å². The Balaban J connectivity index is 2.71. The highest BCUT2D eigenvalue weighted by atomic mass is 32.2. The van der Waals surface area contributed by atoms with Crippen molar-refractivity contribution in [2.75, 3.05) is 14.2 Å². The Hall–Kier alpha value is -1.04. The van der Waals surface area contributed by atoms with Crippen molar-refractivity contribution >= 4 is 16.6 Å². The molecule has 0 aliphatic carbocycles. The molecular formula is C14H20O4S. The van der Waals surface area contributed by atoms with Gasteiger partial charge in [-0.1, -0.05) is 17.7 Å². The summed E-state index contributed by atoms with van der Waals surface area (Å²) in [6.07, 6.45) is -0.476. The Kier molecular flexibility index (Phi) is 6.34. The Labute approximate surface area is 116 Å². The lowest BCUT2D eigenvalue weighted by Crippen LogP contribution is -2.28. The minimum absolute atomic E-state index is 0.103. The highest BCUT2D eigenvalue weighted by molar-refractivity contribution is 7.86. The molecule has 0 N–H and O–H groups in total. The Morgan fingerprint density at radius 2 is 1.74 bits per heavy atom. The first-order valence-corrected chi connectivity index (χ1v) is 7.26. The zero-order valence-corrected chi connectivity index (χ0v) is 12.5. The zero-order chi connectivity index (χ0) is 14.4. The van der Waals surface area contributed by atoms with E-state index in [1.165, 1.54) is 14.2 Å². The molecule has 0 bridgehead atoms. The van der Waals surface area contributed by atoms with Crippen molar-refractivity contribution in [3.63, 3.8) is 0 Å². The Morgan fingerprint density at radius 3 is 2.21 bits per heavy atom. The van der Waals surface area contributed by atoms with Crippen molar-refractivity contribution < 1.29 is 18.5 Å². The lowest BCUT2D eigenvalue weighted by atomic mass is 10.2. The zero-order valence-electron chi connectivity index (χ0n) is 11.7. The maximum atomic E-state index is 12.3. The maximum absolute atomic E-state index is 12.3. The van der Waals surface area contributed by atoms with Crippen LogP contribution in [0.3, 0.4) is 0 Å². The summed E-state index contributed by atoms with van der Waals surface area (Å²) in [5, 5.41) is -0.574. The van der Waals surface area contributed by atoms with Crippen molar-refractivity contribution in [3.8, 4) is 0 Å². The molecule has 0 heterocycles. The van der Waals surface area contributed by atoms with Crippen molar-refractivity contribution in [2.45, 2.75) is 36.7 Å². The number of benzene rings is 1. The molecule has 0 aliphatic rings. The summed E-state index contributed by atoms with van der Waals surface area (Å²) in [6, 6.07) is 7.35. The molecule has 1 rings (SSSR count). The van der Waals surface area contributed by atoms with Crippen molar-refractivity contribution in [2.24, 2.45) is 0 Å². The molecule has 0 saturated heterocycles. The average molecular weight is 284 g/mol. The van der Waals surface area contributed by atoms with Crippen LogP contribution in [0.1, 0.15) is 18.9 Å². The topological polar surface area (TPSA) is 52.6 Å². The highest BCUT2D eigenvalue weighted by Crippen LogP contribution is 2.15. The minimum atomic E-state index is -1.35. The standard InChI is InChI=1S/C14H20O4S/c1-10-5-7-12(8-6-10)19(16)11(2)13(15)9-14(17-3)18-4/h5-8,11,14H,9H2,1-4H3/t11-,19?/m0/s1. The molecule has 19 heavy (non-hydrogen) atoms. The number of methoxy groups -OCH3 is 2. The third-order valence-corrected chi connectivity index (χ3v) is 4.56. The van der Waals surface area contributed by atoms with Crippen LogP contribution in [-0.2, 0) is 25.1 Å². The number of aryl methyl sites for hydroxylation is 1. The van der Waals surface area contributed by atoms with Gasteiger partial charge < -0.3 is 9.47 Å². The van der Waals surface area contributed by atoms with Crippen LogP contribution in [0.4, 0.5) is 0 Å². The van der Waals surface area contributed by atoms with E-state index in [9.17, 15) is 9.00 Å². The monoisotopic (exact) mass is 284 g/mol. The number of hydrogen-bond donors (Lipinski definition) is 0. The van der Waals surface area contributed by atoms with Gasteiger partial charge in [0.15, 0.2) is 12.1 Å². The van der Waals surface area contributed by atoms with Crippen LogP contribution in [0.5, 0.6) is 0 Å². The van der Waals surface area contributed by atoms with Crippen LogP contribution in [0, 0.1) is 6.92 Å². The molecule has 5 heteroatoms. The molecule has 0 fully saturated rings. The molecule has 106 valence electrons. The SMILES string of the molecule is COC(CC(=O)[C@H](C)S(=O)c1ccc(C)cc1)OC. The molecular weight excluding hydrogens is 264 g/mol. The van der Waals surface area contributed by atoms with Gasteiger partial charge in [-0.2, -0.15) is 0 Å². The quantitative estimate of drug-likeness (QED) is 0.719. The summed E-state index contributed by atoms with van der Waals surface area (Å²) in [4.78, 5) is 12.7. The van der Waals surface area contributed by atoms with Gasteiger partial charge in [-0.15, -0.1) is 0 Å². The van der Waals surface area contributed by atoms with Crippen LogP contribution in [0.15, 0.2) is 29.2 Å². The van der Waals surface area contributed by atoms with Crippen LogP contribution in [0.25, 0.3) is 0 Å². The Bertz CT molecular complexity index is 437. The summed E-state index contributed by atoms with van der Waals surface area (Å²) in [5.41, 5.74) is 1.10. The summed E-state index contributed by atoms with van der Waals surface area (Å²) >= 11 is 0. The molecule has 0 spiro atoms. The van der Waals surface area contributed by atoms with Gasteiger partial charge in [-0.3, -0.25) is 9.00 Å². The van der Waals surface area contributed by atoms with E-state index in [0.717, 1.165) is 5.56 Å². The van der Waals surface area contributed by atoms with Crippen LogP contribution in [-0.4, -0.2) is 35.8 Å². The van der Waals surface area contributed by atoms with Gasteiger partial charge in [0.05, 0.1) is 22.5 Å². The molecule has 1 aromatic carbocycles. The molecule has 0 aliphatic heterocycles. The van der Waals surface area contributed by atoms with E-state index in [0.29, 0.717) is 4.90 Å². The lowest BCUT2D eigenvalue weighted by Gasteiger charge is -2.15. The third-order valence-electron chi connectivity index (χ3n) is 2.92. The van der Waals surface area contributed by atoms with Crippen molar-refractivity contribution in [1.29, 1.82) is 0 Å². The summed E-state index contributed by atoms with van der Waals surface area (Å²) in [7, 11) is 1.60. The van der Waals surface area contributed by atoms with E-state index < -0.39 is 22.3 Å². The normalized spacial score (nSPS) is 14.4. The fourth-order valence-electron chi connectivity index (χ4n) is 1.59. The van der Waals surface area contributed by atoms with E-state index in [2.05, 4.69) is 0 Å². The highest BCUT2D eigenvalue weighted by Gasteiger charge is 2.24. The number of ether oxygens (including phenoxy) is 2. The number of hydrogen-bond acceptors (Lipinski definition) is 4. The summed E-state index contributed by atoms with van der Waals surface area (Å²) < 4.78 is 22.2. The first-order chi connectivity index (χ1) is 8.99. The molecule has 2 atom stereocenters. The van der Waals surface area contributed by atoms with Crippen LogP contribution < -0.4 is 0 Å². The summed E-state index contributed by atoms with van der Waals surface area (Å²) in [5.74, 6) is -0.132. The lowest BCUT2D eigenvalue weighted by molar-refractivity contribution is -0.136. The number of Topliss-reactive ketones (excluding diaryl/α,β-unsaturated/α-hetero) is 1. The predicted octanol–water partition coefficient (Wildman–Crippen LogP) is 2.07. The molecule has 0 amide bonds. The molecule has 0 saturated carbocycles. The number of ketones is 1. The molecule has 1 aromatic rings. The number of carbonyl (C=O) groups excluding carboxylic acids is 1. The Morgan fingerprint density at radius 1 is 1.21 bits per heavy atom. The van der Waals surface area contributed by atoms with Crippen LogP contribution >= 0.6 is 0 Å². The van der Waals surface area contributed by atoms with Gasteiger partial charge >= 0.3 is 0 Å². The van der Waals surface area contributed by atoms with Gasteiger partial charge in [-0.05, 0) is 26.0 Å². The largest absolute Gasteiger partial charge is 0.355 e. The molecule has 0 radical (unpaired) electrons. The smallest absolute Gasteiger partial charge is 0.163 e. The molecule has 4 nitrogen and oxygen atoms in total. The summed E-state index contributed by atoms with van der Waals surface area (Å²) in [6.45, 7) is 3.63. The van der Waals surface area contributed by atoms with Crippen molar-refractivity contribution in [3.05, 3.63) is 29.8 Å². The predicted molar refractivity (Wildman–Crippen MR) is 74.5 cm³/mol. The second kappa shape index (κ2) is 7.53. The van der Waals surface area contributed by atoms with E-state index in [1.54, 1.807) is 19.1 Å². The minimum Gasteiger partial charge on any atom is -0.355 e. The second-order valence-electron chi connectivity index (χ2n) is 4.32. The second-order valence-corrected chi connectivity index (χ2v) is 6.10. The van der Waals surface area contributed by atoms with Gasteiger partial charge in [0.25, 0.3) is 0 Å². The number of rotatable bonds is 7. The van der Waals surface area contributed by atoms with Crippen molar-refractivity contribution in [1.82, 2.24) is 0 Å². The van der Waals surface area contributed by atoms with E-state index >= 15 is 0 Å². The fourth-order valence-corrected chi connectivity index (χ4v) is 2.74. The van der Waals surface area contributed by atoms with Gasteiger partial charge in [0, 0.05) is 19.1 Å². The first-order valence-electron chi connectivity index (χ1n) is 6.05.